The predicted molar refractivity (Wildman–Crippen MR) is 197 cm³/mol. The minimum atomic E-state index is -1.98. The monoisotopic (exact) mass is 872 g/mol. The number of carbonyl (C=O) groups is 7. The van der Waals surface area contributed by atoms with Crippen LogP contribution in [0.1, 0.15) is 51.9 Å². The average molecular weight is 874 g/mol. The van der Waals surface area contributed by atoms with Gasteiger partial charge in [0.05, 0.1) is 22.7 Å². The number of benzene rings is 2. The molecule has 0 N–H and O–H groups in total. The topological polar surface area (TPSA) is 230 Å². The molecule has 2 fully saturated rings. The highest BCUT2D eigenvalue weighted by atomic mass is 35.5. The van der Waals surface area contributed by atoms with Gasteiger partial charge in [-0.3, -0.25) is 28.8 Å². The Kier molecular flexibility index (Phi) is 16.7. The molecule has 19 nitrogen and oxygen atoms in total. The van der Waals surface area contributed by atoms with Crippen molar-refractivity contribution in [2.45, 2.75) is 103 Å². The van der Waals surface area contributed by atoms with Crippen molar-refractivity contribution in [3.8, 4) is 11.5 Å². The molecule has 59 heavy (non-hydrogen) atoms. The van der Waals surface area contributed by atoms with Crippen molar-refractivity contribution >= 4 is 65.0 Å². The summed E-state index contributed by atoms with van der Waals surface area (Å²) in [5, 5.41) is -0.294. The molecular formula is C38H42Cl2O19. The highest BCUT2D eigenvalue weighted by Gasteiger charge is 2.58. The first kappa shape index (κ1) is 46.5. The molecule has 0 aliphatic carbocycles. The molecule has 0 saturated carbocycles. The molecular weight excluding hydrogens is 831 g/mol. The SMILES string of the molecule is COc1ccc(O[C@@H]2O[C@H](COC(C)=O)[C@H](OC(C)=O)[C@H](O[C@H]3O[C@H](COC(C)=O)[C@H](OC(C)=O)[C@H](OC(C)=O)[C@H]3OC(=O)c3c(Cl)cccc3Cl)[C@H]2OC(C)=O)cc1. The summed E-state index contributed by atoms with van der Waals surface area (Å²) >= 11 is 12.7. The summed E-state index contributed by atoms with van der Waals surface area (Å²) in [7, 11) is 1.45. The van der Waals surface area contributed by atoms with Gasteiger partial charge >= 0.3 is 41.8 Å². The number of carbonyl (C=O) groups excluding carboxylic acids is 7. The van der Waals surface area contributed by atoms with Gasteiger partial charge in [0.2, 0.25) is 6.29 Å². The molecule has 0 bridgehead atoms. The maximum Gasteiger partial charge on any atom is 0.341 e. The van der Waals surface area contributed by atoms with Gasteiger partial charge in [-0.05, 0) is 36.4 Å². The van der Waals surface area contributed by atoms with E-state index < -0.39 is 116 Å². The molecule has 2 aromatic rings. The smallest absolute Gasteiger partial charge is 0.341 e. The second kappa shape index (κ2) is 21.2. The van der Waals surface area contributed by atoms with Gasteiger partial charge in [0.1, 0.15) is 43.0 Å². The van der Waals surface area contributed by atoms with E-state index >= 15 is 0 Å². The second-order valence-corrected chi connectivity index (χ2v) is 13.7. The van der Waals surface area contributed by atoms with Crippen molar-refractivity contribution in [1.82, 2.24) is 0 Å². The fourth-order valence-electron chi connectivity index (χ4n) is 6.04. The number of methoxy groups -OCH3 is 1. The van der Waals surface area contributed by atoms with Crippen LogP contribution in [0.15, 0.2) is 42.5 Å². The van der Waals surface area contributed by atoms with Crippen LogP contribution >= 0.6 is 23.2 Å². The van der Waals surface area contributed by atoms with Crippen molar-refractivity contribution in [3.63, 3.8) is 0 Å². The van der Waals surface area contributed by atoms with Crippen molar-refractivity contribution in [3.05, 3.63) is 58.1 Å². The fraction of sp³-hybridized carbons (Fsp3) is 0.500. The summed E-state index contributed by atoms with van der Waals surface area (Å²) in [5.74, 6) is -5.81. The molecule has 21 heteroatoms. The normalized spacial score (nSPS) is 26.3. The molecule has 0 amide bonds. The van der Waals surface area contributed by atoms with Gasteiger partial charge in [0.25, 0.3) is 0 Å². The fourth-order valence-corrected chi connectivity index (χ4v) is 6.59. The molecule has 2 aliphatic heterocycles. The van der Waals surface area contributed by atoms with Gasteiger partial charge < -0.3 is 56.8 Å². The molecule has 10 atom stereocenters. The molecule has 0 radical (unpaired) electrons. The first-order chi connectivity index (χ1) is 27.9. The third-order valence-corrected chi connectivity index (χ3v) is 8.94. The standard InChI is InChI=1S/C38H42Cl2O19/c1-17(41)49-15-27-30(51-19(3)43)32(53-21(5)45)35(58-36(47)29-25(39)9-8-10-26(29)40)38(57-27)59-33-31(52-20(4)44)28(16-50-18(2)42)56-37(34(33)54-22(6)46)55-24-13-11-23(48-7)12-14-24/h8-14,27-28,30-35,37-38H,15-16H2,1-7H3/t27-,28-,30+,31+,32+,33+,34-,35-,37-,38-/m1/s1. The van der Waals surface area contributed by atoms with E-state index in [9.17, 15) is 33.6 Å². The van der Waals surface area contributed by atoms with Gasteiger partial charge in [0, 0.05) is 41.5 Å². The zero-order chi connectivity index (χ0) is 43.6. The summed E-state index contributed by atoms with van der Waals surface area (Å²) < 4.78 is 69.0. The summed E-state index contributed by atoms with van der Waals surface area (Å²) in [6.07, 6.45) is -16.9. The van der Waals surface area contributed by atoms with E-state index in [2.05, 4.69) is 0 Å². The minimum Gasteiger partial charge on any atom is -0.497 e. The molecule has 0 spiro atoms. The summed E-state index contributed by atoms with van der Waals surface area (Å²) in [6, 6.07) is 10.3. The number of ether oxygens (including phenoxy) is 12. The number of hydrogen-bond donors (Lipinski definition) is 0. The largest absolute Gasteiger partial charge is 0.497 e. The van der Waals surface area contributed by atoms with E-state index in [1.807, 2.05) is 0 Å². The van der Waals surface area contributed by atoms with Crippen LogP contribution in [0.25, 0.3) is 0 Å². The molecule has 2 saturated heterocycles. The zero-order valence-corrected chi connectivity index (χ0v) is 34.3. The van der Waals surface area contributed by atoms with Gasteiger partial charge in [-0.1, -0.05) is 29.3 Å². The second-order valence-electron chi connectivity index (χ2n) is 12.8. The van der Waals surface area contributed by atoms with E-state index in [1.165, 1.54) is 37.4 Å². The van der Waals surface area contributed by atoms with Gasteiger partial charge in [-0.2, -0.15) is 0 Å². The lowest BCUT2D eigenvalue weighted by molar-refractivity contribution is -0.353. The molecule has 4 rings (SSSR count). The molecule has 2 aliphatic rings. The first-order valence-electron chi connectivity index (χ1n) is 17.8. The number of rotatable bonds is 15. The lowest BCUT2D eigenvalue weighted by Gasteiger charge is -2.48. The maximum absolute atomic E-state index is 13.9. The zero-order valence-electron chi connectivity index (χ0n) is 32.7. The Labute approximate surface area is 347 Å². The number of esters is 7. The Hall–Kier alpha value is -5.21. The molecule has 0 aromatic heterocycles. The van der Waals surface area contributed by atoms with Crippen LogP contribution < -0.4 is 9.47 Å². The van der Waals surface area contributed by atoms with Gasteiger partial charge in [-0.25, -0.2) is 4.79 Å². The number of hydrogen-bond acceptors (Lipinski definition) is 19. The Bertz CT molecular complexity index is 1830. The Balaban J connectivity index is 1.92. The maximum atomic E-state index is 13.9. The Morgan fingerprint density at radius 1 is 0.525 bits per heavy atom. The quantitative estimate of drug-likeness (QED) is 0.185. The van der Waals surface area contributed by atoms with Crippen molar-refractivity contribution < 1.29 is 90.4 Å². The molecule has 2 heterocycles. The molecule has 322 valence electrons. The Morgan fingerprint density at radius 3 is 1.42 bits per heavy atom. The summed E-state index contributed by atoms with van der Waals surface area (Å²) in [6.45, 7) is 5.12. The molecule has 2 aromatic carbocycles. The van der Waals surface area contributed by atoms with Gasteiger partial charge in [-0.15, -0.1) is 0 Å². The van der Waals surface area contributed by atoms with E-state index in [4.69, 9.17) is 80.0 Å². The Morgan fingerprint density at radius 2 is 0.949 bits per heavy atom. The lowest BCUT2D eigenvalue weighted by Crippen LogP contribution is -2.67. The third kappa shape index (κ3) is 12.9. The van der Waals surface area contributed by atoms with Crippen molar-refractivity contribution in [1.29, 1.82) is 0 Å². The highest BCUT2D eigenvalue weighted by molar-refractivity contribution is 6.39. The highest BCUT2D eigenvalue weighted by Crippen LogP contribution is 2.37. The van der Waals surface area contributed by atoms with Crippen LogP contribution in [-0.2, 0) is 76.1 Å². The van der Waals surface area contributed by atoms with Crippen molar-refractivity contribution in [2.24, 2.45) is 0 Å². The average Bonchev–Trinajstić information content (AvgIpc) is 3.14. The van der Waals surface area contributed by atoms with Crippen LogP contribution in [0.5, 0.6) is 11.5 Å². The lowest BCUT2D eigenvalue weighted by atomic mass is 9.95. The summed E-state index contributed by atoms with van der Waals surface area (Å²) in [4.78, 5) is 88.5. The van der Waals surface area contributed by atoms with E-state index in [0.717, 1.165) is 41.5 Å². The number of halogens is 2. The van der Waals surface area contributed by atoms with E-state index in [0.29, 0.717) is 5.75 Å². The van der Waals surface area contributed by atoms with Crippen LogP contribution in [0.3, 0.4) is 0 Å². The van der Waals surface area contributed by atoms with E-state index in [-0.39, 0.29) is 21.4 Å². The van der Waals surface area contributed by atoms with E-state index in [1.54, 1.807) is 12.1 Å². The van der Waals surface area contributed by atoms with Crippen LogP contribution in [0, 0.1) is 0 Å². The molecule has 0 unspecified atom stereocenters. The van der Waals surface area contributed by atoms with Crippen molar-refractivity contribution in [2.75, 3.05) is 20.3 Å². The minimum absolute atomic E-state index is 0.147. The van der Waals surface area contributed by atoms with Crippen LogP contribution in [0.4, 0.5) is 0 Å². The van der Waals surface area contributed by atoms with Crippen LogP contribution in [0.2, 0.25) is 10.0 Å². The third-order valence-electron chi connectivity index (χ3n) is 8.31. The summed E-state index contributed by atoms with van der Waals surface area (Å²) in [5.41, 5.74) is -0.335. The van der Waals surface area contributed by atoms with Crippen LogP contribution in [-0.4, -0.2) is 124 Å². The first-order valence-corrected chi connectivity index (χ1v) is 18.5. The predicted octanol–water partition coefficient (Wildman–Crippen LogP) is 3.29. The van der Waals surface area contributed by atoms with Gasteiger partial charge in [0.15, 0.2) is 36.8 Å².